The Labute approximate surface area is 224 Å². The lowest BCUT2D eigenvalue weighted by molar-refractivity contribution is 0.477. The summed E-state index contributed by atoms with van der Waals surface area (Å²) in [6.07, 6.45) is 1.75. The van der Waals surface area contributed by atoms with Crippen molar-refractivity contribution in [3.8, 4) is 39.5 Å². The molecular weight excluding hydrogens is 482 g/mol. The van der Waals surface area contributed by atoms with Crippen LogP contribution >= 0.6 is 0 Å². The van der Waals surface area contributed by atoms with Gasteiger partial charge in [-0.15, -0.1) is 0 Å². The Kier molecular flexibility index (Phi) is 5.27. The highest BCUT2D eigenvalue weighted by molar-refractivity contribution is 6.12. The van der Waals surface area contributed by atoms with Gasteiger partial charge in [0.1, 0.15) is 11.4 Å². The van der Waals surface area contributed by atoms with E-state index >= 15 is 0 Å². The zero-order valence-corrected chi connectivity index (χ0v) is 21.2. The minimum absolute atomic E-state index is 0.102. The molecule has 2 heterocycles. The summed E-state index contributed by atoms with van der Waals surface area (Å²) >= 11 is 0. The highest BCUT2D eigenvalue weighted by Gasteiger charge is 2.22. The van der Waals surface area contributed by atoms with E-state index in [1.54, 1.807) is 18.3 Å². The van der Waals surface area contributed by atoms with Gasteiger partial charge < -0.3 is 9.52 Å². The summed E-state index contributed by atoms with van der Waals surface area (Å²) < 4.78 is 5.95. The van der Waals surface area contributed by atoms with Crippen LogP contribution in [0.5, 0.6) is 5.75 Å². The molecule has 4 nitrogen and oxygen atoms in total. The zero-order valence-electron chi connectivity index (χ0n) is 21.2. The highest BCUT2D eigenvalue weighted by atomic mass is 16.4. The summed E-state index contributed by atoms with van der Waals surface area (Å²) in [5.41, 5.74) is 4.46. The van der Waals surface area contributed by atoms with Gasteiger partial charge in [-0.2, -0.15) is 0 Å². The minimum atomic E-state index is -0.442. The molecule has 5 aromatic carbocycles. The second-order valence-corrected chi connectivity index (χ2v) is 9.78. The lowest BCUT2D eigenvalue weighted by Crippen LogP contribution is -2.04. The van der Waals surface area contributed by atoms with Crippen LogP contribution in [0.2, 0.25) is 0 Å². The Bertz CT molecular complexity index is 2100. The van der Waals surface area contributed by atoms with Crippen molar-refractivity contribution in [3.05, 3.63) is 131 Å². The molecule has 1 N–H and O–H groups in total. The second kappa shape index (κ2) is 8.96. The predicted octanol–water partition coefficient (Wildman–Crippen LogP) is 8.51. The fourth-order valence-corrected chi connectivity index (χ4v) is 5.45. The molecule has 39 heavy (non-hydrogen) atoms. The van der Waals surface area contributed by atoms with Crippen molar-refractivity contribution < 1.29 is 9.52 Å². The Hall–Kier alpha value is -5.22. The van der Waals surface area contributed by atoms with Gasteiger partial charge in [0, 0.05) is 22.7 Å². The third-order valence-corrected chi connectivity index (χ3v) is 7.33. The maximum Gasteiger partial charge on any atom is 0.344 e. The SMILES string of the molecule is Cc1ccc(-c2oc(=O)c3ccccc3c2-c2c(O)ccc3ccc(-c4cccc5ccccc45)cc23)nc1. The molecule has 7 rings (SSSR count). The second-order valence-electron chi connectivity index (χ2n) is 9.78. The summed E-state index contributed by atoms with van der Waals surface area (Å²) in [6, 6.07) is 35.6. The van der Waals surface area contributed by atoms with Crippen LogP contribution < -0.4 is 5.63 Å². The number of rotatable bonds is 3. The number of hydrogen-bond acceptors (Lipinski definition) is 4. The van der Waals surface area contributed by atoms with E-state index in [0.717, 1.165) is 38.2 Å². The molecule has 0 aliphatic carbocycles. The van der Waals surface area contributed by atoms with Gasteiger partial charge in [0.2, 0.25) is 0 Å². The first kappa shape index (κ1) is 22.9. The Morgan fingerprint density at radius 1 is 0.667 bits per heavy atom. The molecule has 0 saturated heterocycles. The summed E-state index contributed by atoms with van der Waals surface area (Å²) in [7, 11) is 0. The van der Waals surface area contributed by atoms with Gasteiger partial charge in [0.25, 0.3) is 0 Å². The minimum Gasteiger partial charge on any atom is -0.507 e. The zero-order chi connectivity index (χ0) is 26.5. The normalized spacial score (nSPS) is 11.4. The number of fused-ring (bicyclic) bond motifs is 3. The number of hydrogen-bond donors (Lipinski definition) is 1. The number of aromatic hydroxyl groups is 1. The summed E-state index contributed by atoms with van der Waals surface area (Å²) in [4.78, 5) is 17.7. The summed E-state index contributed by atoms with van der Waals surface area (Å²) in [5.74, 6) is 0.432. The molecule has 186 valence electrons. The average Bonchev–Trinajstić information content (AvgIpc) is 2.97. The van der Waals surface area contributed by atoms with Crippen molar-refractivity contribution in [2.24, 2.45) is 0 Å². The van der Waals surface area contributed by atoms with E-state index in [2.05, 4.69) is 53.5 Å². The van der Waals surface area contributed by atoms with E-state index in [1.807, 2.05) is 55.5 Å². The van der Waals surface area contributed by atoms with Crippen molar-refractivity contribution in [1.29, 1.82) is 0 Å². The van der Waals surface area contributed by atoms with Gasteiger partial charge in [0.05, 0.1) is 5.39 Å². The maximum atomic E-state index is 13.1. The molecule has 0 aliphatic rings. The van der Waals surface area contributed by atoms with Crippen molar-refractivity contribution in [2.75, 3.05) is 0 Å². The first-order valence-corrected chi connectivity index (χ1v) is 12.8. The molecule has 4 heteroatoms. The average molecular weight is 506 g/mol. The van der Waals surface area contributed by atoms with E-state index < -0.39 is 5.63 Å². The molecule has 7 aromatic rings. The Balaban J connectivity index is 1.59. The molecule has 0 radical (unpaired) electrons. The number of phenolic OH excluding ortho intramolecular Hbond substituents is 1. The molecule has 0 atom stereocenters. The van der Waals surface area contributed by atoms with E-state index in [9.17, 15) is 9.90 Å². The van der Waals surface area contributed by atoms with Crippen molar-refractivity contribution >= 4 is 32.3 Å². The van der Waals surface area contributed by atoms with Crippen molar-refractivity contribution in [2.45, 2.75) is 6.92 Å². The number of benzene rings is 5. The van der Waals surface area contributed by atoms with Gasteiger partial charge in [-0.3, -0.25) is 4.98 Å². The molecule has 0 amide bonds. The van der Waals surface area contributed by atoms with Gasteiger partial charge in [0.15, 0.2) is 5.76 Å². The van der Waals surface area contributed by atoms with Crippen molar-refractivity contribution in [1.82, 2.24) is 4.98 Å². The van der Waals surface area contributed by atoms with Gasteiger partial charge in [-0.25, -0.2) is 4.79 Å². The standard InChI is InChI=1S/C35H23NO3/c1-21-13-17-30(36-20-21)34-33(27-10-4-5-11-28(27)35(38)39-34)32-29-19-24(15-14-23(29)16-18-31(32)37)26-12-6-8-22-7-2-3-9-25(22)26/h2-20,37H,1H3. The van der Waals surface area contributed by atoms with Crippen LogP contribution in [0.25, 0.3) is 66.0 Å². The Morgan fingerprint density at radius 3 is 2.21 bits per heavy atom. The molecule has 0 fully saturated rings. The molecule has 0 aliphatic heterocycles. The van der Waals surface area contributed by atoms with E-state index in [-0.39, 0.29) is 5.75 Å². The van der Waals surface area contributed by atoms with Crippen LogP contribution in [0.15, 0.2) is 125 Å². The first-order valence-electron chi connectivity index (χ1n) is 12.8. The topological polar surface area (TPSA) is 63.3 Å². The van der Waals surface area contributed by atoms with Crippen LogP contribution in [0.1, 0.15) is 5.56 Å². The summed E-state index contributed by atoms with van der Waals surface area (Å²) in [5, 5.41) is 16.7. The number of pyridine rings is 1. The molecule has 0 saturated carbocycles. The first-order chi connectivity index (χ1) is 19.1. The fraction of sp³-hybridized carbons (Fsp3) is 0.0286. The number of aryl methyl sites for hydroxylation is 1. The lowest BCUT2D eigenvalue weighted by Gasteiger charge is -2.16. The van der Waals surface area contributed by atoms with Crippen LogP contribution in [0, 0.1) is 6.92 Å². The van der Waals surface area contributed by atoms with Crippen LogP contribution in [0.3, 0.4) is 0 Å². The molecule has 2 aromatic heterocycles. The summed E-state index contributed by atoms with van der Waals surface area (Å²) in [6.45, 7) is 1.96. The third kappa shape index (κ3) is 3.77. The van der Waals surface area contributed by atoms with Gasteiger partial charge in [-0.05, 0) is 69.4 Å². The third-order valence-electron chi connectivity index (χ3n) is 7.33. The number of phenols is 1. The Morgan fingerprint density at radius 2 is 1.38 bits per heavy atom. The maximum absolute atomic E-state index is 13.1. The van der Waals surface area contributed by atoms with Gasteiger partial charge in [-0.1, -0.05) is 84.9 Å². The molecular formula is C35H23NO3. The smallest absolute Gasteiger partial charge is 0.344 e. The van der Waals surface area contributed by atoms with Crippen LogP contribution in [0.4, 0.5) is 0 Å². The monoisotopic (exact) mass is 505 g/mol. The molecule has 0 unspecified atom stereocenters. The predicted molar refractivity (Wildman–Crippen MR) is 158 cm³/mol. The quantitative estimate of drug-likeness (QED) is 0.261. The van der Waals surface area contributed by atoms with E-state index in [0.29, 0.717) is 33.4 Å². The largest absolute Gasteiger partial charge is 0.507 e. The highest BCUT2D eigenvalue weighted by Crippen LogP contribution is 2.45. The van der Waals surface area contributed by atoms with Crippen LogP contribution in [-0.2, 0) is 0 Å². The van der Waals surface area contributed by atoms with Gasteiger partial charge >= 0.3 is 5.63 Å². The fourth-order valence-electron chi connectivity index (χ4n) is 5.45. The van der Waals surface area contributed by atoms with Crippen LogP contribution in [-0.4, -0.2) is 10.1 Å². The molecule has 0 bridgehead atoms. The van der Waals surface area contributed by atoms with E-state index in [4.69, 9.17) is 4.42 Å². The number of nitrogens with zero attached hydrogens (tertiary/aromatic N) is 1. The lowest BCUT2D eigenvalue weighted by atomic mass is 9.89. The molecule has 0 spiro atoms. The number of aromatic nitrogens is 1. The van der Waals surface area contributed by atoms with E-state index in [1.165, 1.54) is 0 Å². The van der Waals surface area contributed by atoms with Crippen molar-refractivity contribution in [3.63, 3.8) is 0 Å².